The maximum atomic E-state index is 6.03. The van der Waals surface area contributed by atoms with E-state index in [9.17, 15) is 0 Å². The van der Waals surface area contributed by atoms with Gasteiger partial charge in [-0.25, -0.2) is 0 Å². The topological polar surface area (TPSA) is 38.9 Å². The Morgan fingerprint density at radius 1 is 1.38 bits per heavy atom. The summed E-state index contributed by atoms with van der Waals surface area (Å²) >= 11 is 11.8. The van der Waals surface area contributed by atoms with Crippen molar-refractivity contribution in [3.8, 4) is 0 Å². The van der Waals surface area contributed by atoms with Gasteiger partial charge in [0.1, 0.15) is 0 Å². The molecular weight excluding hydrogens is 247 g/mol. The molecule has 0 aliphatic heterocycles. The fourth-order valence-electron chi connectivity index (χ4n) is 1.26. The van der Waals surface area contributed by atoms with E-state index in [0.29, 0.717) is 28.2 Å². The minimum atomic E-state index is 0.403. The quantitative estimate of drug-likeness (QED) is 0.840. The molecule has 3 nitrogen and oxygen atoms in total. The van der Waals surface area contributed by atoms with Crippen LogP contribution in [0.25, 0.3) is 6.08 Å². The van der Waals surface area contributed by atoms with Gasteiger partial charge in [0.05, 0.1) is 0 Å². The monoisotopic (exact) mass is 254 g/mol. The summed E-state index contributed by atoms with van der Waals surface area (Å²) in [6, 6.07) is 5.30. The molecule has 0 aliphatic rings. The molecule has 2 rings (SSSR count). The number of rotatable bonds is 3. The second-order valence-corrected chi connectivity index (χ2v) is 4.01. The van der Waals surface area contributed by atoms with Gasteiger partial charge in [0.25, 0.3) is 0 Å². The van der Waals surface area contributed by atoms with Crippen molar-refractivity contribution < 1.29 is 4.52 Å². The van der Waals surface area contributed by atoms with Gasteiger partial charge in [0.15, 0.2) is 5.82 Å². The van der Waals surface area contributed by atoms with Crippen LogP contribution in [0.5, 0.6) is 0 Å². The molecule has 0 saturated carbocycles. The SMILES string of the molecule is C=Cc1nc(Cc2ccc(Cl)cc2Cl)no1. The normalized spacial score (nSPS) is 10.4. The fourth-order valence-corrected chi connectivity index (χ4v) is 1.73. The van der Waals surface area contributed by atoms with Crippen molar-refractivity contribution in [3.05, 3.63) is 52.1 Å². The van der Waals surface area contributed by atoms with Crippen molar-refractivity contribution in [1.82, 2.24) is 10.1 Å². The summed E-state index contributed by atoms with van der Waals surface area (Å²) in [5.74, 6) is 0.971. The van der Waals surface area contributed by atoms with Crippen LogP contribution in [0, 0.1) is 0 Å². The van der Waals surface area contributed by atoms with Crippen molar-refractivity contribution in [3.63, 3.8) is 0 Å². The molecular formula is C11H8Cl2N2O. The molecule has 1 heterocycles. The minimum absolute atomic E-state index is 0.403. The molecule has 82 valence electrons. The van der Waals surface area contributed by atoms with E-state index < -0.39 is 0 Å². The predicted molar refractivity (Wildman–Crippen MR) is 63.7 cm³/mol. The summed E-state index contributed by atoms with van der Waals surface area (Å²) in [4.78, 5) is 4.10. The fraction of sp³-hybridized carbons (Fsp3) is 0.0909. The van der Waals surface area contributed by atoms with Gasteiger partial charge in [-0.15, -0.1) is 0 Å². The molecule has 0 fully saturated rings. The summed E-state index contributed by atoms with van der Waals surface area (Å²) in [5.41, 5.74) is 0.905. The molecule has 0 atom stereocenters. The molecule has 16 heavy (non-hydrogen) atoms. The lowest BCUT2D eigenvalue weighted by atomic mass is 10.1. The number of aromatic nitrogens is 2. The van der Waals surface area contributed by atoms with E-state index >= 15 is 0 Å². The Balaban J connectivity index is 2.23. The Kier molecular flexibility index (Phi) is 3.27. The van der Waals surface area contributed by atoms with Crippen LogP contribution in [0.4, 0.5) is 0 Å². The van der Waals surface area contributed by atoms with Gasteiger partial charge in [0.2, 0.25) is 5.89 Å². The first-order valence-electron chi connectivity index (χ1n) is 4.58. The lowest BCUT2D eigenvalue weighted by molar-refractivity contribution is 0.404. The Labute approximate surface area is 103 Å². The molecule has 0 N–H and O–H groups in total. The lowest BCUT2D eigenvalue weighted by Crippen LogP contribution is -1.91. The van der Waals surface area contributed by atoms with Crippen LogP contribution in [-0.2, 0) is 6.42 Å². The zero-order valence-electron chi connectivity index (χ0n) is 8.28. The number of hydrogen-bond donors (Lipinski definition) is 0. The minimum Gasteiger partial charge on any atom is -0.335 e. The lowest BCUT2D eigenvalue weighted by Gasteiger charge is -2.00. The van der Waals surface area contributed by atoms with E-state index in [1.807, 2.05) is 6.07 Å². The van der Waals surface area contributed by atoms with Crippen LogP contribution in [-0.4, -0.2) is 10.1 Å². The van der Waals surface area contributed by atoms with Crippen LogP contribution in [0.1, 0.15) is 17.3 Å². The van der Waals surface area contributed by atoms with Crippen molar-refractivity contribution >= 4 is 29.3 Å². The highest BCUT2D eigenvalue weighted by atomic mass is 35.5. The molecule has 0 radical (unpaired) electrons. The van der Waals surface area contributed by atoms with E-state index in [1.165, 1.54) is 6.08 Å². The molecule has 0 unspecified atom stereocenters. The molecule has 0 saturated heterocycles. The average Bonchev–Trinajstić information content (AvgIpc) is 2.70. The standard InChI is InChI=1S/C11H8Cl2N2O/c1-2-11-14-10(15-16-11)5-7-3-4-8(12)6-9(7)13/h2-4,6H,1,5H2. The largest absolute Gasteiger partial charge is 0.335 e. The zero-order chi connectivity index (χ0) is 11.5. The first kappa shape index (κ1) is 11.2. The van der Waals surface area contributed by atoms with Crippen LogP contribution in [0.2, 0.25) is 10.0 Å². The van der Waals surface area contributed by atoms with Gasteiger partial charge in [-0.2, -0.15) is 4.98 Å². The van der Waals surface area contributed by atoms with Gasteiger partial charge in [0, 0.05) is 16.5 Å². The highest BCUT2D eigenvalue weighted by molar-refractivity contribution is 6.35. The second-order valence-electron chi connectivity index (χ2n) is 3.17. The van der Waals surface area contributed by atoms with Gasteiger partial charge in [-0.3, -0.25) is 0 Å². The van der Waals surface area contributed by atoms with Crippen molar-refractivity contribution in [2.24, 2.45) is 0 Å². The maximum absolute atomic E-state index is 6.03. The zero-order valence-corrected chi connectivity index (χ0v) is 9.79. The Morgan fingerprint density at radius 3 is 2.81 bits per heavy atom. The van der Waals surface area contributed by atoms with E-state index in [0.717, 1.165) is 5.56 Å². The number of benzene rings is 1. The second kappa shape index (κ2) is 4.68. The van der Waals surface area contributed by atoms with Crippen LogP contribution >= 0.6 is 23.2 Å². The Bertz CT molecular complexity index is 522. The van der Waals surface area contributed by atoms with E-state index in [2.05, 4.69) is 16.7 Å². The van der Waals surface area contributed by atoms with Crippen molar-refractivity contribution in [2.45, 2.75) is 6.42 Å². The molecule has 1 aromatic carbocycles. The Morgan fingerprint density at radius 2 is 2.19 bits per heavy atom. The van der Waals surface area contributed by atoms with Crippen molar-refractivity contribution in [1.29, 1.82) is 0 Å². The van der Waals surface area contributed by atoms with Gasteiger partial charge in [-0.05, 0) is 23.8 Å². The number of nitrogens with zero attached hydrogens (tertiary/aromatic N) is 2. The van der Waals surface area contributed by atoms with Gasteiger partial charge >= 0.3 is 0 Å². The molecule has 5 heteroatoms. The summed E-state index contributed by atoms with van der Waals surface area (Å²) in [6.45, 7) is 3.54. The molecule has 0 amide bonds. The molecule has 1 aromatic heterocycles. The smallest absolute Gasteiger partial charge is 0.250 e. The van der Waals surface area contributed by atoms with Crippen LogP contribution in [0.15, 0.2) is 29.3 Å². The van der Waals surface area contributed by atoms with Crippen molar-refractivity contribution in [2.75, 3.05) is 0 Å². The molecule has 0 aliphatic carbocycles. The summed E-state index contributed by atoms with van der Waals surface area (Å²) in [5, 5.41) is 5.00. The summed E-state index contributed by atoms with van der Waals surface area (Å²) in [7, 11) is 0. The predicted octanol–water partition coefficient (Wildman–Crippen LogP) is 3.61. The highest BCUT2D eigenvalue weighted by Crippen LogP contribution is 2.22. The summed E-state index contributed by atoms with van der Waals surface area (Å²) < 4.78 is 4.90. The third kappa shape index (κ3) is 2.43. The number of halogens is 2. The molecule has 2 aromatic rings. The number of hydrogen-bond acceptors (Lipinski definition) is 3. The first-order chi connectivity index (χ1) is 7.69. The van der Waals surface area contributed by atoms with Crippen LogP contribution < -0.4 is 0 Å². The van der Waals surface area contributed by atoms with Gasteiger partial charge < -0.3 is 4.52 Å². The molecule has 0 spiro atoms. The summed E-state index contributed by atoms with van der Waals surface area (Å²) in [6.07, 6.45) is 2.01. The van der Waals surface area contributed by atoms with E-state index in [4.69, 9.17) is 27.7 Å². The highest BCUT2D eigenvalue weighted by Gasteiger charge is 2.07. The molecule has 0 bridgehead atoms. The Hall–Kier alpha value is -1.32. The third-order valence-electron chi connectivity index (χ3n) is 2.02. The third-order valence-corrected chi connectivity index (χ3v) is 2.61. The van der Waals surface area contributed by atoms with E-state index in [-0.39, 0.29) is 0 Å². The maximum Gasteiger partial charge on any atom is 0.250 e. The van der Waals surface area contributed by atoms with E-state index in [1.54, 1.807) is 12.1 Å². The first-order valence-corrected chi connectivity index (χ1v) is 5.33. The van der Waals surface area contributed by atoms with Crippen LogP contribution in [0.3, 0.4) is 0 Å². The van der Waals surface area contributed by atoms with Gasteiger partial charge in [-0.1, -0.05) is 41.0 Å². The average molecular weight is 255 g/mol.